The smallest absolute Gasteiger partial charge is 0.123 e. The molecule has 2 aromatic carbocycles. The molecule has 2 unspecified atom stereocenters. The summed E-state index contributed by atoms with van der Waals surface area (Å²) < 4.78 is 12.4. The molecule has 2 N–H and O–H groups in total. The Balaban J connectivity index is 0.000000201. The normalized spacial score (nSPS) is 21.0. The van der Waals surface area contributed by atoms with E-state index in [0.717, 1.165) is 34.8 Å². The lowest BCUT2D eigenvalue weighted by Crippen LogP contribution is -1.96. The van der Waals surface area contributed by atoms with Gasteiger partial charge in [0, 0.05) is 30.5 Å². The van der Waals surface area contributed by atoms with Gasteiger partial charge >= 0.3 is 0 Å². The second-order valence-corrected chi connectivity index (χ2v) is 5.88. The van der Waals surface area contributed by atoms with E-state index in [4.69, 9.17) is 15.2 Å². The Kier molecular flexibility index (Phi) is 3.84. The molecule has 0 spiro atoms. The molecule has 124 valence electrons. The number of rotatable bonds is 2. The van der Waals surface area contributed by atoms with E-state index in [0.29, 0.717) is 6.23 Å². The molecule has 6 nitrogen and oxygen atoms in total. The third kappa shape index (κ3) is 2.93. The number of hydrogen-bond donors (Lipinski definition) is 1. The molecule has 3 heterocycles. The van der Waals surface area contributed by atoms with Crippen LogP contribution in [-0.4, -0.2) is 47.5 Å². The van der Waals surface area contributed by atoms with Crippen LogP contribution in [0.25, 0.3) is 16.7 Å². The van der Waals surface area contributed by atoms with Crippen molar-refractivity contribution in [3.8, 4) is 11.4 Å². The Bertz CT molecular complexity index is 836. The largest absolute Gasteiger partial charge is 0.497 e. The molecule has 6 heteroatoms. The van der Waals surface area contributed by atoms with Crippen LogP contribution < -0.4 is 10.5 Å². The highest BCUT2D eigenvalue weighted by Crippen LogP contribution is 2.23. The Labute approximate surface area is 140 Å². The Hall–Kier alpha value is -2.57. The van der Waals surface area contributed by atoms with E-state index in [1.807, 2.05) is 47.0 Å². The first-order valence-corrected chi connectivity index (χ1v) is 7.97. The maximum Gasteiger partial charge on any atom is 0.123 e. The van der Waals surface area contributed by atoms with E-state index in [-0.39, 0.29) is 0 Å². The first-order valence-electron chi connectivity index (χ1n) is 7.97. The number of morpholine rings is 1. The molecular weight excluding hydrogens is 304 g/mol. The van der Waals surface area contributed by atoms with Crippen molar-refractivity contribution in [2.45, 2.75) is 6.23 Å². The van der Waals surface area contributed by atoms with Crippen LogP contribution in [0.15, 0.2) is 48.8 Å². The van der Waals surface area contributed by atoms with E-state index in [1.165, 1.54) is 13.1 Å². The summed E-state index contributed by atoms with van der Waals surface area (Å²) in [6.07, 6.45) is 2.35. The number of nitrogens with two attached hydrogens (primary N) is 1. The summed E-state index contributed by atoms with van der Waals surface area (Å²) in [5, 5.41) is 0. The summed E-state index contributed by atoms with van der Waals surface area (Å²) in [5.41, 5.74) is 9.43. The van der Waals surface area contributed by atoms with Gasteiger partial charge in [-0.2, -0.15) is 0 Å². The van der Waals surface area contributed by atoms with Gasteiger partial charge in [-0.1, -0.05) is 0 Å². The number of methoxy groups -OCH3 is 1. The monoisotopic (exact) mass is 324 g/mol. The molecule has 3 aromatic rings. The number of benzene rings is 2. The second kappa shape index (κ2) is 6.14. The second-order valence-electron chi connectivity index (χ2n) is 5.88. The molecule has 2 saturated heterocycles. The molecule has 0 saturated carbocycles. The van der Waals surface area contributed by atoms with E-state index < -0.39 is 0 Å². The zero-order valence-electron chi connectivity index (χ0n) is 13.6. The molecule has 5 rings (SSSR count). The van der Waals surface area contributed by atoms with Gasteiger partial charge < -0.3 is 15.2 Å². The number of nitrogens with zero attached hydrogens (tertiary/aromatic N) is 3. The summed E-state index contributed by atoms with van der Waals surface area (Å²) in [5.74, 6) is 0.810. The van der Waals surface area contributed by atoms with Crippen LogP contribution in [0.1, 0.15) is 0 Å². The molecule has 0 radical (unpaired) electrons. The third-order valence-electron chi connectivity index (χ3n) is 4.28. The van der Waals surface area contributed by atoms with Crippen LogP contribution in [0, 0.1) is 0 Å². The minimum Gasteiger partial charge on any atom is -0.497 e. The van der Waals surface area contributed by atoms with Crippen molar-refractivity contribution in [3.63, 3.8) is 0 Å². The maximum absolute atomic E-state index is 5.69. The zero-order valence-corrected chi connectivity index (χ0v) is 13.6. The standard InChI is InChI=1S/C14H13N3O.C4H7NO/c1-18-12-6-7-14-13(8-12)16-9-17(14)11-4-2-10(15)3-5-11;1-2-6-4-3-5(1)4/h2-9H,15H2,1H3;4H,1-3H2. The average molecular weight is 324 g/mol. The lowest BCUT2D eigenvalue weighted by molar-refractivity contribution is 0.159. The van der Waals surface area contributed by atoms with Crippen LogP contribution in [0.3, 0.4) is 0 Å². The van der Waals surface area contributed by atoms with Crippen molar-refractivity contribution in [3.05, 3.63) is 48.8 Å². The van der Waals surface area contributed by atoms with Crippen LogP contribution >= 0.6 is 0 Å². The highest BCUT2D eigenvalue weighted by Gasteiger charge is 2.39. The highest BCUT2D eigenvalue weighted by molar-refractivity contribution is 5.79. The van der Waals surface area contributed by atoms with Gasteiger partial charge in [-0.3, -0.25) is 9.47 Å². The van der Waals surface area contributed by atoms with Crippen molar-refractivity contribution in [1.82, 2.24) is 14.5 Å². The van der Waals surface area contributed by atoms with Crippen molar-refractivity contribution >= 4 is 16.7 Å². The topological polar surface area (TPSA) is 65.3 Å². The number of imidazole rings is 1. The van der Waals surface area contributed by atoms with E-state index >= 15 is 0 Å². The maximum atomic E-state index is 5.69. The molecule has 0 amide bonds. The van der Waals surface area contributed by atoms with Gasteiger partial charge in [-0.05, 0) is 36.4 Å². The summed E-state index contributed by atoms with van der Waals surface area (Å²) in [4.78, 5) is 6.68. The Morgan fingerprint density at radius 2 is 2.04 bits per heavy atom. The van der Waals surface area contributed by atoms with Gasteiger partial charge in [-0.25, -0.2) is 4.98 Å². The van der Waals surface area contributed by atoms with E-state index in [2.05, 4.69) is 9.88 Å². The zero-order chi connectivity index (χ0) is 16.5. The quantitative estimate of drug-likeness (QED) is 0.579. The molecule has 2 aliphatic rings. The number of anilines is 1. The van der Waals surface area contributed by atoms with E-state index in [1.54, 1.807) is 13.4 Å². The van der Waals surface area contributed by atoms with Gasteiger partial charge in [0.15, 0.2) is 0 Å². The number of aromatic nitrogens is 2. The number of hydrogen-bond acceptors (Lipinski definition) is 5. The van der Waals surface area contributed by atoms with Crippen molar-refractivity contribution in [2.75, 3.05) is 32.5 Å². The van der Waals surface area contributed by atoms with Crippen molar-refractivity contribution < 1.29 is 9.47 Å². The van der Waals surface area contributed by atoms with Gasteiger partial charge in [0.05, 0.1) is 24.8 Å². The van der Waals surface area contributed by atoms with Gasteiger partial charge in [0.2, 0.25) is 0 Å². The van der Waals surface area contributed by atoms with Crippen LogP contribution in [0.5, 0.6) is 5.75 Å². The fourth-order valence-corrected chi connectivity index (χ4v) is 2.81. The predicted molar refractivity (Wildman–Crippen MR) is 93.3 cm³/mol. The molecule has 2 aliphatic heterocycles. The van der Waals surface area contributed by atoms with E-state index in [9.17, 15) is 0 Å². The minimum absolute atomic E-state index is 0.546. The van der Waals surface area contributed by atoms with Crippen LogP contribution in [-0.2, 0) is 4.74 Å². The SMILES string of the molecule is C1CN2CC2O1.COc1ccc2c(c1)ncn2-c1ccc(N)cc1. The average Bonchev–Trinajstić information content (AvgIpc) is 3.03. The first kappa shape index (κ1) is 15.0. The lowest BCUT2D eigenvalue weighted by atomic mass is 10.2. The number of fused-ring (bicyclic) bond motifs is 2. The minimum atomic E-state index is 0.546. The lowest BCUT2D eigenvalue weighted by Gasteiger charge is -2.05. The summed E-state index contributed by atoms with van der Waals surface area (Å²) in [6.45, 7) is 3.33. The fraction of sp³-hybridized carbons (Fsp3) is 0.278. The number of ether oxygens (including phenoxy) is 2. The summed E-state index contributed by atoms with van der Waals surface area (Å²) in [7, 11) is 1.65. The molecule has 24 heavy (non-hydrogen) atoms. The van der Waals surface area contributed by atoms with Gasteiger partial charge in [0.1, 0.15) is 18.3 Å². The number of nitrogen functional groups attached to an aromatic ring is 1. The van der Waals surface area contributed by atoms with Crippen LogP contribution in [0.2, 0.25) is 0 Å². The molecule has 0 aliphatic carbocycles. The highest BCUT2D eigenvalue weighted by atomic mass is 16.5. The first-order chi connectivity index (χ1) is 11.7. The van der Waals surface area contributed by atoms with Crippen molar-refractivity contribution in [1.29, 1.82) is 0 Å². The fourth-order valence-electron chi connectivity index (χ4n) is 2.81. The predicted octanol–water partition coefficient (Wildman–Crippen LogP) is 2.27. The molecule has 2 fully saturated rings. The van der Waals surface area contributed by atoms with Crippen LogP contribution in [0.4, 0.5) is 5.69 Å². The molecule has 0 bridgehead atoms. The Morgan fingerprint density at radius 1 is 1.21 bits per heavy atom. The molecule has 1 aromatic heterocycles. The summed E-state index contributed by atoms with van der Waals surface area (Å²) >= 11 is 0. The Morgan fingerprint density at radius 3 is 2.62 bits per heavy atom. The molecular formula is C18H20N4O2. The molecule has 2 atom stereocenters. The van der Waals surface area contributed by atoms with Crippen molar-refractivity contribution in [2.24, 2.45) is 0 Å². The van der Waals surface area contributed by atoms with Gasteiger partial charge in [-0.15, -0.1) is 0 Å². The van der Waals surface area contributed by atoms with Gasteiger partial charge in [0.25, 0.3) is 0 Å². The third-order valence-corrected chi connectivity index (χ3v) is 4.28. The summed E-state index contributed by atoms with van der Waals surface area (Å²) in [6, 6.07) is 13.6.